The molecule has 0 spiro atoms. The average molecular weight is 326 g/mol. The van der Waals surface area contributed by atoms with Crippen LogP contribution in [0.3, 0.4) is 0 Å². The van der Waals surface area contributed by atoms with Crippen LogP contribution in [0, 0.1) is 0 Å². The molecular formula is C15H20NO5S-. The summed E-state index contributed by atoms with van der Waals surface area (Å²) in [5.74, 6) is -1.76. The highest BCUT2D eigenvalue weighted by Gasteiger charge is 2.20. The minimum absolute atomic E-state index is 0.0607. The zero-order valence-corrected chi connectivity index (χ0v) is 13.7. The summed E-state index contributed by atoms with van der Waals surface area (Å²) in [7, 11) is 0. The van der Waals surface area contributed by atoms with Gasteiger partial charge in [0.05, 0.1) is 12.2 Å². The summed E-state index contributed by atoms with van der Waals surface area (Å²) in [6, 6.07) is 1.73. The third kappa shape index (κ3) is 5.48. The Labute approximate surface area is 133 Å². The van der Waals surface area contributed by atoms with Crippen molar-refractivity contribution < 1.29 is 24.2 Å². The van der Waals surface area contributed by atoms with Crippen LogP contribution in [0.4, 0.5) is 5.00 Å². The largest absolute Gasteiger partial charge is 0.550 e. The number of carbonyl (C=O) groups excluding carboxylic acids is 3. The normalized spacial score (nSPS) is 10.5. The molecule has 0 aliphatic heterocycles. The van der Waals surface area contributed by atoms with Crippen molar-refractivity contribution in [1.29, 1.82) is 0 Å². The lowest BCUT2D eigenvalue weighted by molar-refractivity contribution is -0.305. The first-order valence-electron chi connectivity index (χ1n) is 7.15. The molecular weight excluding hydrogens is 306 g/mol. The Kier molecular flexibility index (Phi) is 7.04. The molecule has 1 heterocycles. The fourth-order valence-electron chi connectivity index (χ4n) is 1.73. The van der Waals surface area contributed by atoms with Crippen LogP contribution in [-0.2, 0) is 14.3 Å². The van der Waals surface area contributed by atoms with Crippen molar-refractivity contribution in [3.63, 3.8) is 0 Å². The van der Waals surface area contributed by atoms with E-state index in [-0.39, 0.29) is 37.7 Å². The third-order valence-corrected chi connectivity index (χ3v) is 4.20. The number of rotatable bonds is 8. The van der Waals surface area contributed by atoms with E-state index in [1.165, 1.54) is 11.3 Å². The van der Waals surface area contributed by atoms with Gasteiger partial charge in [-0.05, 0) is 31.7 Å². The van der Waals surface area contributed by atoms with Crippen LogP contribution in [0.15, 0.2) is 6.07 Å². The predicted molar refractivity (Wildman–Crippen MR) is 81.9 cm³/mol. The van der Waals surface area contributed by atoms with Crippen LogP contribution < -0.4 is 10.4 Å². The van der Waals surface area contributed by atoms with Crippen molar-refractivity contribution in [1.82, 2.24) is 0 Å². The number of hydrogen-bond acceptors (Lipinski definition) is 6. The molecule has 1 aromatic rings. The molecule has 0 atom stereocenters. The highest BCUT2D eigenvalue weighted by molar-refractivity contribution is 7.16. The van der Waals surface area contributed by atoms with E-state index in [1.54, 1.807) is 13.0 Å². The molecule has 1 aromatic heterocycles. The van der Waals surface area contributed by atoms with Crippen molar-refractivity contribution in [2.45, 2.75) is 46.0 Å². The quantitative estimate of drug-likeness (QED) is 0.736. The highest BCUT2D eigenvalue weighted by atomic mass is 32.1. The van der Waals surface area contributed by atoms with Gasteiger partial charge in [0, 0.05) is 17.3 Å². The van der Waals surface area contributed by atoms with Gasteiger partial charge in [-0.25, -0.2) is 4.79 Å². The molecule has 0 aromatic carbocycles. The zero-order chi connectivity index (χ0) is 16.7. The molecule has 0 bridgehead atoms. The van der Waals surface area contributed by atoms with E-state index in [2.05, 4.69) is 5.32 Å². The van der Waals surface area contributed by atoms with E-state index in [9.17, 15) is 19.5 Å². The van der Waals surface area contributed by atoms with Gasteiger partial charge >= 0.3 is 5.97 Å². The first-order chi connectivity index (χ1) is 10.3. The molecule has 122 valence electrons. The fraction of sp³-hybridized carbons (Fsp3) is 0.533. The maximum absolute atomic E-state index is 11.9. The molecule has 0 radical (unpaired) electrons. The SMILES string of the molecule is CCOC(=O)c1cc(C(C)C)sc1NC(=O)CCCC(=O)[O-]. The van der Waals surface area contributed by atoms with Gasteiger partial charge in [0.1, 0.15) is 5.00 Å². The monoisotopic (exact) mass is 326 g/mol. The summed E-state index contributed by atoms with van der Waals surface area (Å²) >= 11 is 1.33. The standard InChI is InChI=1S/C15H21NO5S/c1-4-21-15(20)10-8-11(9(2)3)22-14(10)16-12(17)6-5-7-13(18)19/h8-9H,4-7H2,1-3H3,(H,16,17)(H,18,19)/p-1. The van der Waals surface area contributed by atoms with E-state index in [4.69, 9.17) is 4.74 Å². The summed E-state index contributed by atoms with van der Waals surface area (Å²) in [6.45, 7) is 5.95. The zero-order valence-electron chi connectivity index (χ0n) is 12.9. The Morgan fingerprint density at radius 2 is 2.00 bits per heavy atom. The lowest BCUT2D eigenvalue weighted by Crippen LogP contribution is -2.22. The number of carboxylic acids is 1. The Hall–Kier alpha value is -1.89. The van der Waals surface area contributed by atoms with Gasteiger partial charge in [-0.2, -0.15) is 0 Å². The number of hydrogen-bond donors (Lipinski definition) is 1. The maximum atomic E-state index is 11.9. The van der Waals surface area contributed by atoms with Crippen LogP contribution >= 0.6 is 11.3 Å². The molecule has 0 aliphatic rings. The predicted octanol–water partition coefficient (Wildman–Crippen LogP) is 1.91. The Bertz CT molecular complexity index is 550. The Balaban J connectivity index is 2.80. The molecule has 0 unspecified atom stereocenters. The van der Waals surface area contributed by atoms with Gasteiger partial charge in [-0.3, -0.25) is 4.79 Å². The van der Waals surface area contributed by atoms with E-state index in [0.717, 1.165) is 4.88 Å². The van der Waals surface area contributed by atoms with E-state index in [1.807, 2.05) is 13.8 Å². The number of nitrogens with one attached hydrogen (secondary N) is 1. The van der Waals surface area contributed by atoms with Crippen molar-refractivity contribution in [2.75, 3.05) is 11.9 Å². The molecule has 1 rings (SSSR count). The second kappa shape index (κ2) is 8.53. The molecule has 1 N–H and O–H groups in total. The lowest BCUT2D eigenvalue weighted by Gasteiger charge is -2.06. The number of carbonyl (C=O) groups is 3. The summed E-state index contributed by atoms with van der Waals surface area (Å²) in [5.41, 5.74) is 0.337. The first-order valence-corrected chi connectivity index (χ1v) is 7.97. The number of amides is 1. The van der Waals surface area contributed by atoms with Gasteiger partial charge < -0.3 is 20.0 Å². The minimum Gasteiger partial charge on any atom is -0.550 e. The molecule has 0 saturated carbocycles. The number of ether oxygens (including phenoxy) is 1. The van der Waals surface area contributed by atoms with Crippen molar-refractivity contribution in [3.8, 4) is 0 Å². The van der Waals surface area contributed by atoms with Crippen LogP contribution in [0.5, 0.6) is 0 Å². The van der Waals surface area contributed by atoms with Gasteiger partial charge in [-0.1, -0.05) is 13.8 Å². The van der Waals surface area contributed by atoms with Gasteiger partial charge in [0.15, 0.2) is 0 Å². The fourth-order valence-corrected chi connectivity index (χ4v) is 2.80. The van der Waals surface area contributed by atoms with E-state index in [0.29, 0.717) is 10.6 Å². The summed E-state index contributed by atoms with van der Waals surface area (Å²) in [6.07, 6.45) is 0.0936. The number of aliphatic carboxylic acids is 1. The van der Waals surface area contributed by atoms with Crippen LogP contribution in [-0.4, -0.2) is 24.5 Å². The van der Waals surface area contributed by atoms with Gasteiger partial charge in [0.2, 0.25) is 5.91 Å². The number of esters is 1. The smallest absolute Gasteiger partial charge is 0.341 e. The molecule has 0 aliphatic carbocycles. The lowest BCUT2D eigenvalue weighted by atomic mass is 10.1. The summed E-state index contributed by atoms with van der Waals surface area (Å²) in [4.78, 5) is 35.1. The van der Waals surface area contributed by atoms with E-state index < -0.39 is 11.9 Å². The van der Waals surface area contributed by atoms with Crippen molar-refractivity contribution >= 4 is 34.2 Å². The third-order valence-electron chi connectivity index (χ3n) is 2.85. The second-order valence-corrected chi connectivity index (χ2v) is 6.12. The molecule has 7 heteroatoms. The molecule has 6 nitrogen and oxygen atoms in total. The molecule has 0 fully saturated rings. The van der Waals surface area contributed by atoms with Crippen LogP contribution in [0.1, 0.15) is 61.2 Å². The topological polar surface area (TPSA) is 95.5 Å². The van der Waals surface area contributed by atoms with Crippen LogP contribution in [0.2, 0.25) is 0 Å². The number of carboxylic acid groups (broad SMARTS) is 1. The summed E-state index contributed by atoms with van der Waals surface area (Å²) < 4.78 is 4.99. The van der Waals surface area contributed by atoms with E-state index >= 15 is 0 Å². The van der Waals surface area contributed by atoms with Gasteiger partial charge in [0.25, 0.3) is 0 Å². The average Bonchev–Trinajstić information content (AvgIpc) is 2.82. The minimum atomic E-state index is -1.18. The van der Waals surface area contributed by atoms with Crippen LogP contribution in [0.25, 0.3) is 0 Å². The van der Waals surface area contributed by atoms with Crippen molar-refractivity contribution in [2.24, 2.45) is 0 Å². The summed E-state index contributed by atoms with van der Waals surface area (Å²) in [5, 5.41) is 13.4. The number of anilines is 1. The Morgan fingerprint density at radius 3 is 2.55 bits per heavy atom. The molecule has 22 heavy (non-hydrogen) atoms. The first kappa shape index (κ1) is 18.2. The maximum Gasteiger partial charge on any atom is 0.341 e. The molecule has 1 amide bonds. The highest BCUT2D eigenvalue weighted by Crippen LogP contribution is 2.33. The molecule has 0 saturated heterocycles. The Morgan fingerprint density at radius 1 is 1.32 bits per heavy atom. The van der Waals surface area contributed by atoms with Crippen molar-refractivity contribution in [3.05, 3.63) is 16.5 Å². The second-order valence-electron chi connectivity index (χ2n) is 5.04. The van der Waals surface area contributed by atoms with Gasteiger partial charge in [-0.15, -0.1) is 11.3 Å². The number of thiophene rings is 1.